The molecule has 0 amide bonds. The van der Waals surface area contributed by atoms with Crippen LogP contribution in [-0.4, -0.2) is 18.6 Å². The average Bonchev–Trinajstić information content (AvgIpc) is 2.88. The Balaban J connectivity index is 2.18. The normalized spacial score (nSPS) is 12.4. The predicted molar refractivity (Wildman–Crippen MR) is 83.4 cm³/mol. The maximum absolute atomic E-state index is 4.72. The van der Waals surface area contributed by atoms with E-state index < -0.39 is 0 Å². The van der Waals surface area contributed by atoms with Gasteiger partial charge in [-0.2, -0.15) is 0 Å². The molecule has 1 aromatic carbocycles. The lowest BCUT2D eigenvalue weighted by Crippen LogP contribution is -2.18. The number of aryl methyl sites for hydroxylation is 1. The number of thiazole rings is 1. The largest absolute Gasteiger partial charge is 0.321 e. The van der Waals surface area contributed by atoms with E-state index in [1.165, 1.54) is 11.3 Å². The van der Waals surface area contributed by atoms with Crippen LogP contribution in [0, 0.1) is 6.92 Å². The monoisotopic (exact) mass is 275 g/mol. The third-order valence-corrected chi connectivity index (χ3v) is 4.07. The van der Waals surface area contributed by atoms with Gasteiger partial charge in [0.15, 0.2) is 5.13 Å². The molecule has 0 aliphatic carbocycles. The molecule has 0 spiro atoms. The van der Waals surface area contributed by atoms with Gasteiger partial charge in [0, 0.05) is 24.2 Å². The van der Waals surface area contributed by atoms with Gasteiger partial charge in [-0.3, -0.25) is 0 Å². The van der Waals surface area contributed by atoms with E-state index in [0.717, 1.165) is 17.4 Å². The van der Waals surface area contributed by atoms with Crippen molar-refractivity contribution < 1.29 is 0 Å². The van der Waals surface area contributed by atoms with Crippen LogP contribution in [0.4, 0.5) is 10.8 Å². The number of aromatic nitrogens is 1. The van der Waals surface area contributed by atoms with Crippen molar-refractivity contribution in [1.82, 2.24) is 10.3 Å². The molecule has 102 valence electrons. The van der Waals surface area contributed by atoms with Gasteiger partial charge in [-0.1, -0.05) is 19.1 Å². The molecule has 0 aliphatic heterocycles. The maximum atomic E-state index is 4.72. The molecule has 0 bridgehead atoms. The molecule has 4 heteroatoms. The number of rotatable bonds is 5. The Morgan fingerprint density at radius 1 is 1.42 bits per heavy atom. The summed E-state index contributed by atoms with van der Waals surface area (Å²) in [4.78, 5) is 6.86. The van der Waals surface area contributed by atoms with E-state index in [2.05, 4.69) is 67.7 Å². The van der Waals surface area contributed by atoms with Crippen LogP contribution < -0.4 is 10.2 Å². The van der Waals surface area contributed by atoms with E-state index in [1.54, 1.807) is 11.3 Å². The number of benzene rings is 1. The zero-order chi connectivity index (χ0) is 13.8. The minimum atomic E-state index is 0.306. The Morgan fingerprint density at radius 3 is 2.89 bits per heavy atom. The zero-order valence-corrected chi connectivity index (χ0v) is 12.8. The van der Waals surface area contributed by atoms with Crippen molar-refractivity contribution >= 4 is 22.2 Å². The molecule has 3 nitrogen and oxygen atoms in total. The standard InChI is InChI=1S/C15H21N3S/c1-5-16-12(3)14-10-19-15(17-14)18(4)13-8-6-7-11(2)9-13/h6-10,12,16H,5H2,1-4H3. The fourth-order valence-electron chi connectivity index (χ4n) is 1.99. The highest BCUT2D eigenvalue weighted by atomic mass is 32.1. The fraction of sp³-hybridized carbons (Fsp3) is 0.400. The Kier molecular flexibility index (Phi) is 4.56. The average molecular weight is 275 g/mol. The molecule has 1 N–H and O–H groups in total. The molecular weight excluding hydrogens is 254 g/mol. The molecule has 0 aliphatic rings. The molecule has 0 saturated carbocycles. The van der Waals surface area contributed by atoms with Gasteiger partial charge >= 0.3 is 0 Å². The van der Waals surface area contributed by atoms with Crippen molar-refractivity contribution in [3.63, 3.8) is 0 Å². The second-order valence-electron chi connectivity index (χ2n) is 4.73. The van der Waals surface area contributed by atoms with Crippen LogP contribution in [0.1, 0.15) is 31.1 Å². The number of nitrogens with one attached hydrogen (secondary N) is 1. The fourth-order valence-corrected chi connectivity index (χ4v) is 2.89. The van der Waals surface area contributed by atoms with E-state index in [1.807, 2.05) is 0 Å². The highest BCUT2D eigenvalue weighted by molar-refractivity contribution is 7.13. The van der Waals surface area contributed by atoms with Crippen molar-refractivity contribution in [2.45, 2.75) is 26.8 Å². The van der Waals surface area contributed by atoms with E-state index in [9.17, 15) is 0 Å². The van der Waals surface area contributed by atoms with E-state index in [-0.39, 0.29) is 0 Å². The van der Waals surface area contributed by atoms with E-state index in [4.69, 9.17) is 4.98 Å². The molecule has 0 radical (unpaired) electrons. The molecule has 2 rings (SSSR count). The van der Waals surface area contributed by atoms with Crippen molar-refractivity contribution in [2.24, 2.45) is 0 Å². The smallest absolute Gasteiger partial charge is 0.189 e. The molecule has 0 saturated heterocycles. The molecule has 0 fully saturated rings. The summed E-state index contributed by atoms with van der Waals surface area (Å²) in [6.45, 7) is 7.33. The highest BCUT2D eigenvalue weighted by Crippen LogP contribution is 2.29. The van der Waals surface area contributed by atoms with Crippen molar-refractivity contribution in [2.75, 3.05) is 18.5 Å². The van der Waals surface area contributed by atoms with Crippen LogP contribution in [-0.2, 0) is 0 Å². The Hall–Kier alpha value is -1.39. The quantitative estimate of drug-likeness (QED) is 0.897. The van der Waals surface area contributed by atoms with Crippen molar-refractivity contribution in [3.05, 3.63) is 40.9 Å². The highest BCUT2D eigenvalue weighted by Gasteiger charge is 2.12. The van der Waals surface area contributed by atoms with Gasteiger partial charge in [0.25, 0.3) is 0 Å². The summed E-state index contributed by atoms with van der Waals surface area (Å²) in [5.41, 5.74) is 3.56. The minimum absolute atomic E-state index is 0.306. The number of anilines is 2. The van der Waals surface area contributed by atoms with Crippen LogP contribution in [0.5, 0.6) is 0 Å². The first-order valence-corrected chi connectivity index (χ1v) is 7.49. The molecule has 2 aromatic rings. The second-order valence-corrected chi connectivity index (χ2v) is 5.57. The Morgan fingerprint density at radius 2 is 2.21 bits per heavy atom. The number of hydrogen-bond acceptors (Lipinski definition) is 4. The second kappa shape index (κ2) is 6.17. The van der Waals surface area contributed by atoms with Crippen LogP contribution in [0.3, 0.4) is 0 Å². The Labute approximate surface area is 119 Å². The van der Waals surface area contributed by atoms with E-state index in [0.29, 0.717) is 6.04 Å². The zero-order valence-electron chi connectivity index (χ0n) is 12.0. The SMILES string of the molecule is CCNC(C)c1csc(N(C)c2cccc(C)c2)n1. The van der Waals surface area contributed by atoms with Gasteiger partial charge in [0.2, 0.25) is 0 Å². The predicted octanol–water partition coefficient (Wildman–Crippen LogP) is 3.89. The van der Waals surface area contributed by atoms with Gasteiger partial charge in [0.1, 0.15) is 0 Å². The van der Waals surface area contributed by atoms with Gasteiger partial charge in [-0.05, 0) is 38.1 Å². The molecule has 19 heavy (non-hydrogen) atoms. The lowest BCUT2D eigenvalue weighted by atomic mass is 10.2. The summed E-state index contributed by atoms with van der Waals surface area (Å²) in [6.07, 6.45) is 0. The molecule has 1 aromatic heterocycles. The maximum Gasteiger partial charge on any atom is 0.189 e. The van der Waals surface area contributed by atoms with Crippen LogP contribution >= 0.6 is 11.3 Å². The molecule has 1 atom stereocenters. The summed E-state index contributed by atoms with van der Waals surface area (Å²) >= 11 is 1.69. The minimum Gasteiger partial charge on any atom is -0.321 e. The number of hydrogen-bond donors (Lipinski definition) is 1. The number of nitrogens with zero attached hydrogens (tertiary/aromatic N) is 2. The summed E-state index contributed by atoms with van der Waals surface area (Å²) in [7, 11) is 2.06. The Bertz CT molecular complexity index is 536. The third-order valence-electron chi connectivity index (χ3n) is 3.14. The first kappa shape index (κ1) is 14.0. The van der Waals surface area contributed by atoms with Gasteiger partial charge in [-0.15, -0.1) is 11.3 Å². The molecule has 1 unspecified atom stereocenters. The summed E-state index contributed by atoms with van der Waals surface area (Å²) < 4.78 is 0. The summed E-state index contributed by atoms with van der Waals surface area (Å²) in [6, 6.07) is 8.78. The molecular formula is C15H21N3S. The van der Waals surface area contributed by atoms with E-state index >= 15 is 0 Å². The third kappa shape index (κ3) is 3.33. The van der Waals surface area contributed by atoms with Crippen LogP contribution in [0.2, 0.25) is 0 Å². The van der Waals surface area contributed by atoms with Crippen LogP contribution in [0.15, 0.2) is 29.6 Å². The first-order valence-electron chi connectivity index (χ1n) is 6.61. The summed E-state index contributed by atoms with van der Waals surface area (Å²) in [5.74, 6) is 0. The topological polar surface area (TPSA) is 28.2 Å². The van der Waals surface area contributed by atoms with Crippen LogP contribution in [0.25, 0.3) is 0 Å². The van der Waals surface area contributed by atoms with Gasteiger partial charge in [0.05, 0.1) is 5.69 Å². The van der Waals surface area contributed by atoms with Crippen molar-refractivity contribution in [1.29, 1.82) is 0 Å². The molecule has 1 heterocycles. The summed E-state index contributed by atoms with van der Waals surface area (Å²) in [5, 5.41) is 6.56. The van der Waals surface area contributed by atoms with Gasteiger partial charge in [-0.25, -0.2) is 4.98 Å². The lowest BCUT2D eigenvalue weighted by Gasteiger charge is -2.16. The van der Waals surface area contributed by atoms with Crippen molar-refractivity contribution in [3.8, 4) is 0 Å². The first-order chi connectivity index (χ1) is 9.11. The van der Waals surface area contributed by atoms with Gasteiger partial charge < -0.3 is 10.2 Å². The lowest BCUT2D eigenvalue weighted by molar-refractivity contribution is 0.586.